The number of fused-ring (bicyclic) bond motifs is 1. The number of para-hydroxylation sites is 1. The van der Waals surface area contributed by atoms with Gasteiger partial charge in [0.15, 0.2) is 0 Å². The van der Waals surface area contributed by atoms with Crippen LogP contribution in [0.5, 0.6) is 0 Å². The van der Waals surface area contributed by atoms with Crippen molar-refractivity contribution in [3.63, 3.8) is 0 Å². The third-order valence-electron chi connectivity index (χ3n) is 6.92. The summed E-state index contributed by atoms with van der Waals surface area (Å²) < 4.78 is 14.5. The number of anilines is 1. The Morgan fingerprint density at radius 2 is 1.94 bits per heavy atom. The van der Waals surface area contributed by atoms with Gasteiger partial charge in [-0.15, -0.1) is 0 Å². The van der Waals surface area contributed by atoms with Crippen LogP contribution in [0.2, 0.25) is 0 Å². The van der Waals surface area contributed by atoms with Gasteiger partial charge in [-0.25, -0.2) is 14.4 Å². The highest BCUT2D eigenvalue weighted by Crippen LogP contribution is 2.39. The first-order valence-electron chi connectivity index (χ1n) is 12.3. The fourth-order valence-corrected chi connectivity index (χ4v) is 5.46. The number of thioether (sulfide) groups is 1. The summed E-state index contributed by atoms with van der Waals surface area (Å²) in [5, 5.41) is 7.69. The molecule has 1 aliphatic rings. The van der Waals surface area contributed by atoms with Gasteiger partial charge in [0.25, 0.3) is 0 Å². The molecule has 2 unspecified atom stereocenters. The zero-order valence-electron chi connectivity index (χ0n) is 20.8. The highest BCUT2D eigenvalue weighted by atomic mass is 32.2. The van der Waals surface area contributed by atoms with Gasteiger partial charge in [-0.1, -0.05) is 25.1 Å². The number of nitrogens with zero attached hydrogens (tertiary/aromatic N) is 4. The lowest BCUT2D eigenvalue weighted by molar-refractivity contribution is 0.599. The summed E-state index contributed by atoms with van der Waals surface area (Å²) in [5.74, 6) is 1.34. The monoisotopic (exact) mass is 502 g/mol. The van der Waals surface area contributed by atoms with Gasteiger partial charge in [0.05, 0.1) is 17.4 Å². The number of hydrogen-bond donors (Lipinski definition) is 2. The molecule has 0 saturated heterocycles. The maximum Gasteiger partial charge on any atom is 0.146 e. The quantitative estimate of drug-likeness (QED) is 0.285. The van der Waals surface area contributed by atoms with Gasteiger partial charge in [0.1, 0.15) is 18.0 Å². The van der Waals surface area contributed by atoms with Crippen molar-refractivity contribution in [2.24, 2.45) is 0 Å². The van der Waals surface area contributed by atoms with E-state index >= 15 is 0 Å². The van der Waals surface area contributed by atoms with E-state index in [2.05, 4.69) is 61.9 Å². The van der Waals surface area contributed by atoms with Crippen LogP contribution in [-0.4, -0.2) is 45.0 Å². The van der Waals surface area contributed by atoms with Crippen molar-refractivity contribution in [2.45, 2.75) is 43.4 Å². The molecule has 2 atom stereocenters. The van der Waals surface area contributed by atoms with Crippen molar-refractivity contribution >= 4 is 28.5 Å². The highest BCUT2D eigenvalue weighted by molar-refractivity contribution is 7.99. The maximum atomic E-state index is 14.5. The van der Waals surface area contributed by atoms with Crippen LogP contribution in [-0.2, 0) is 6.54 Å². The predicted octanol–water partition coefficient (Wildman–Crippen LogP) is 5.77. The Morgan fingerprint density at radius 1 is 1.08 bits per heavy atom. The zero-order valence-corrected chi connectivity index (χ0v) is 21.6. The minimum absolute atomic E-state index is 0.192. The van der Waals surface area contributed by atoms with E-state index in [0.717, 1.165) is 40.1 Å². The van der Waals surface area contributed by atoms with Crippen LogP contribution in [0.4, 0.5) is 10.2 Å². The van der Waals surface area contributed by atoms with Gasteiger partial charge in [-0.3, -0.25) is 9.97 Å². The molecule has 5 rings (SSSR count). The van der Waals surface area contributed by atoms with Crippen LogP contribution in [0.1, 0.15) is 48.4 Å². The lowest BCUT2D eigenvalue weighted by atomic mass is 9.93. The molecular formula is C28H31FN6S. The molecule has 186 valence electrons. The number of benzene rings is 1. The van der Waals surface area contributed by atoms with Crippen molar-refractivity contribution in [3.05, 3.63) is 77.8 Å². The van der Waals surface area contributed by atoms with Crippen molar-refractivity contribution in [3.8, 4) is 11.3 Å². The lowest BCUT2D eigenvalue weighted by Crippen LogP contribution is -2.23. The third kappa shape index (κ3) is 5.20. The predicted molar refractivity (Wildman–Crippen MR) is 146 cm³/mol. The fourth-order valence-electron chi connectivity index (χ4n) is 4.66. The number of aromatic nitrogens is 4. The molecule has 8 heteroatoms. The van der Waals surface area contributed by atoms with Crippen molar-refractivity contribution in [1.82, 2.24) is 25.3 Å². The minimum Gasteiger partial charge on any atom is -0.369 e. The number of pyridine rings is 2. The Kier molecular flexibility index (Phi) is 7.43. The topological polar surface area (TPSA) is 75.6 Å². The van der Waals surface area contributed by atoms with Gasteiger partial charge in [0.2, 0.25) is 0 Å². The van der Waals surface area contributed by atoms with E-state index in [4.69, 9.17) is 0 Å². The van der Waals surface area contributed by atoms with Crippen LogP contribution in [0.3, 0.4) is 0 Å². The fraction of sp³-hybridized carbons (Fsp3) is 0.357. The zero-order chi connectivity index (χ0) is 25.1. The summed E-state index contributed by atoms with van der Waals surface area (Å²) in [5.41, 5.74) is 5.66. The van der Waals surface area contributed by atoms with E-state index in [-0.39, 0.29) is 17.0 Å². The molecule has 1 saturated carbocycles. The van der Waals surface area contributed by atoms with Gasteiger partial charge < -0.3 is 10.6 Å². The largest absolute Gasteiger partial charge is 0.369 e. The first kappa shape index (κ1) is 24.6. The van der Waals surface area contributed by atoms with Gasteiger partial charge >= 0.3 is 0 Å². The van der Waals surface area contributed by atoms with Gasteiger partial charge in [-0.05, 0) is 49.8 Å². The van der Waals surface area contributed by atoms with Crippen LogP contribution in [0, 0.1) is 5.82 Å². The molecule has 0 aliphatic heterocycles. The van der Waals surface area contributed by atoms with E-state index in [1.807, 2.05) is 31.4 Å². The molecule has 4 aromatic rings. The Hall–Kier alpha value is -3.10. The molecule has 1 aliphatic carbocycles. The first-order valence-corrected chi connectivity index (χ1v) is 13.6. The average molecular weight is 503 g/mol. The van der Waals surface area contributed by atoms with Crippen molar-refractivity contribution in [2.75, 3.05) is 25.2 Å². The summed E-state index contributed by atoms with van der Waals surface area (Å²) in [6, 6.07) is 12.2. The van der Waals surface area contributed by atoms with Crippen LogP contribution in [0.25, 0.3) is 22.2 Å². The second-order valence-corrected chi connectivity index (χ2v) is 10.4. The number of halogens is 1. The molecule has 2 N–H and O–H groups in total. The number of rotatable bonds is 10. The summed E-state index contributed by atoms with van der Waals surface area (Å²) in [4.78, 5) is 18.0. The molecule has 1 aromatic carbocycles. The Morgan fingerprint density at radius 3 is 2.67 bits per heavy atom. The summed E-state index contributed by atoms with van der Waals surface area (Å²) in [7, 11) is 1.83. The molecule has 3 aromatic heterocycles. The Bertz CT molecular complexity index is 1340. The van der Waals surface area contributed by atoms with E-state index in [9.17, 15) is 4.39 Å². The second kappa shape index (κ2) is 10.9. The molecule has 36 heavy (non-hydrogen) atoms. The van der Waals surface area contributed by atoms with Crippen molar-refractivity contribution < 1.29 is 4.39 Å². The molecule has 1 fully saturated rings. The second-order valence-electron chi connectivity index (χ2n) is 9.34. The van der Waals surface area contributed by atoms with E-state index in [1.54, 1.807) is 18.1 Å². The van der Waals surface area contributed by atoms with E-state index < -0.39 is 0 Å². The average Bonchev–Trinajstić information content (AvgIpc) is 3.76. The molecule has 6 nitrogen and oxygen atoms in total. The van der Waals surface area contributed by atoms with E-state index in [1.165, 1.54) is 24.7 Å². The number of hydrogen-bond acceptors (Lipinski definition) is 7. The SMILES string of the molecule is CNCc1c(F)cnc2c(C(C)C(CNc3cc(-c4ccc(C5CC5)nc4)ncn3)SC)cccc12. The first-order chi connectivity index (χ1) is 17.6. The maximum absolute atomic E-state index is 14.5. The van der Waals surface area contributed by atoms with Crippen LogP contribution >= 0.6 is 11.8 Å². The van der Waals surface area contributed by atoms with Crippen LogP contribution in [0.15, 0.2) is 55.1 Å². The Balaban J connectivity index is 1.32. The molecular weight excluding hydrogens is 471 g/mol. The molecule has 0 radical (unpaired) electrons. The standard InChI is InChI=1S/C28H31FN6S/c1-17(20-5-4-6-21-22(13-30-2)23(29)14-33-28(20)21)26(36-3)15-32-27-11-25(34-16-35-27)19-9-10-24(31-12-19)18-7-8-18/h4-6,9-12,14,16-18,26,30H,7-8,13,15H2,1-3H3,(H,32,34,35). The third-order valence-corrected chi connectivity index (χ3v) is 8.10. The van der Waals surface area contributed by atoms with Crippen LogP contribution < -0.4 is 10.6 Å². The molecule has 0 amide bonds. The Labute approximate surface area is 215 Å². The van der Waals surface area contributed by atoms with Gasteiger partial charge in [0, 0.05) is 58.7 Å². The normalized spacial score (nSPS) is 15.1. The number of nitrogens with one attached hydrogen (secondary N) is 2. The summed E-state index contributed by atoms with van der Waals surface area (Å²) in [6.07, 6.45) is 9.44. The van der Waals surface area contributed by atoms with Gasteiger partial charge in [-0.2, -0.15) is 11.8 Å². The molecule has 0 spiro atoms. The molecule has 3 heterocycles. The van der Waals surface area contributed by atoms with E-state index in [0.29, 0.717) is 18.0 Å². The highest BCUT2D eigenvalue weighted by Gasteiger charge is 2.25. The minimum atomic E-state index is -0.276. The lowest BCUT2D eigenvalue weighted by Gasteiger charge is -2.24. The van der Waals surface area contributed by atoms with Crippen molar-refractivity contribution in [1.29, 1.82) is 0 Å². The smallest absolute Gasteiger partial charge is 0.146 e. The molecule has 0 bridgehead atoms. The summed E-state index contributed by atoms with van der Waals surface area (Å²) in [6.45, 7) is 3.39. The summed E-state index contributed by atoms with van der Waals surface area (Å²) >= 11 is 1.80.